The summed E-state index contributed by atoms with van der Waals surface area (Å²) in [6, 6.07) is 7.07. The van der Waals surface area contributed by atoms with Gasteiger partial charge in [-0.3, -0.25) is 10.1 Å². The van der Waals surface area contributed by atoms with E-state index in [9.17, 15) is 13.2 Å². The van der Waals surface area contributed by atoms with Crippen LogP contribution in [0, 0.1) is 12.8 Å². The van der Waals surface area contributed by atoms with Crippen LogP contribution < -0.4 is 10.0 Å². The fourth-order valence-corrected chi connectivity index (χ4v) is 5.11. The van der Waals surface area contributed by atoms with Gasteiger partial charge in [0.05, 0.1) is 0 Å². The summed E-state index contributed by atoms with van der Waals surface area (Å²) in [7, 11) is -3.73. The molecule has 1 aromatic carbocycles. The monoisotopic (exact) mass is 437 g/mol. The van der Waals surface area contributed by atoms with E-state index in [1.54, 1.807) is 12.1 Å². The number of hydrogen-bond acceptors (Lipinski definition) is 7. The summed E-state index contributed by atoms with van der Waals surface area (Å²) in [4.78, 5) is 14.6. The van der Waals surface area contributed by atoms with E-state index in [-0.39, 0.29) is 15.4 Å². The molecule has 3 rings (SSSR count). The molecule has 1 aliphatic heterocycles. The third-order valence-electron chi connectivity index (χ3n) is 4.99. The van der Waals surface area contributed by atoms with Crippen molar-refractivity contribution < 1.29 is 13.2 Å². The van der Waals surface area contributed by atoms with E-state index in [0.29, 0.717) is 12.1 Å². The van der Waals surface area contributed by atoms with Crippen LogP contribution in [0.3, 0.4) is 0 Å². The maximum absolute atomic E-state index is 12.4. The zero-order chi connectivity index (χ0) is 20.9. The first-order valence-electron chi connectivity index (χ1n) is 9.77. The summed E-state index contributed by atoms with van der Waals surface area (Å²) in [6.45, 7) is 7.58. The first-order chi connectivity index (χ1) is 13.8. The molecule has 1 saturated heterocycles. The topological polar surface area (TPSA) is 104 Å². The number of piperidine rings is 1. The van der Waals surface area contributed by atoms with Gasteiger partial charge in [0.2, 0.25) is 9.47 Å². The van der Waals surface area contributed by atoms with E-state index >= 15 is 0 Å². The second kappa shape index (κ2) is 9.75. The molecule has 0 radical (unpaired) electrons. The van der Waals surface area contributed by atoms with Crippen LogP contribution in [-0.4, -0.2) is 55.6 Å². The van der Waals surface area contributed by atoms with Crippen LogP contribution in [0.1, 0.15) is 42.1 Å². The van der Waals surface area contributed by atoms with Crippen molar-refractivity contribution in [2.45, 2.75) is 37.4 Å². The fourth-order valence-electron chi connectivity index (χ4n) is 3.10. The Labute approximate surface area is 175 Å². The number of nitrogens with zero attached hydrogens (tertiary/aromatic N) is 3. The van der Waals surface area contributed by atoms with Crippen molar-refractivity contribution in [3.05, 3.63) is 35.4 Å². The molecule has 8 nitrogen and oxygen atoms in total. The molecule has 0 unspecified atom stereocenters. The van der Waals surface area contributed by atoms with Crippen molar-refractivity contribution in [3.8, 4) is 0 Å². The number of aryl methyl sites for hydroxylation is 1. The second-order valence-electron chi connectivity index (χ2n) is 7.47. The normalized spacial score (nSPS) is 16.1. The van der Waals surface area contributed by atoms with E-state index in [4.69, 9.17) is 0 Å². The Hall–Kier alpha value is -1.88. The standard InChI is InChI=1S/C19H27N5O3S2/c1-14-4-6-16(7-5-14)17(25)21-18-22-23-19(28-18)29(26,27)20-10-3-11-24-12-8-15(2)9-13-24/h4-7,15,20H,3,8-13H2,1-2H3,(H,21,22,25). The number of hydrogen-bond donors (Lipinski definition) is 2. The van der Waals surface area contributed by atoms with E-state index in [2.05, 4.69) is 32.1 Å². The van der Waals surface area contributed by atoms with Crippen LogP contribution in [0.15, 0.2) is 28.6 Å². The summed E-state index contributed by atoms with van der Waals surface area (Å²) in [5.74, 6) is 0.428. The summed E-state index contributed by atoms with van der Waals surface area (Å²) in [5, 5.41) is 10.2. The van der Waals surface area contributed by atoms with E-state index < -0.39 is 10.0 Å². The molecule has 1 fully saturated rings. The lowest BCUT2D eigenvalue weighted by atomic mass is 9.99. The summed E-state index contributed by atoms with van der Waals surface area (Å²) < 4.78 is 27.2. The highest BCUT2D eigenvalue weighted by atomic mass is 32.2. The smallest absolute Gasteiger partial charge is 0.269 e. The Morgan fingerprint density at radius 3 is 2.59 bits per heavy atom. The Morgan fingerprint density at radius 2 is 1.90 bits per heavy atom. The lowest BCUT2D eigenvalue weighted by Gasteiger charge is -2.30. The lowest BCUT2D eigenvalue weighted by Crippen LogP contribution is -2.35. The van der Waals surface area contributed by atoms with Gasteiger partial charge in [-0.05, 0) is 63.9 Å². The molecule has 1 aromatic heterocycles. The molecule has 158 valence electrons. The Morgan fingerprint density at radius 1 is 1.21 bits per heavy atom. The van der Waals surface area contributed by atoms with Gasteiger partial charge in [0, 0.05) is 12.1 Å². The first-order valence-corrected chi connectivity index (χ1v) is 12.1. The summed E-state index contributed by atoms with van der Waals surface area (Å²) >= 11 is 0.837. The van der Waals surface area contributed by atoms with Gasteiger partial charge in [-0.1, -0.05) is 36.0 Å². The third kappa shape index (κ3) is 6.30. The molecule has 1 amide bonds. The van der Waals surface area contributed by atoms with Gasteiger partial charge in [-0.2, -0.15) is 0 Å². The molecule has 0 bridgehead atoms. The highest BCUT2D eigenvalue weighted by Crippen LogP contribution is 2.20. The lowest BCUT2D eigenvalue weighted by molar-refractivity contribution is 0.102. The largest absolute Gasteiger partial charge is 0.303 e. The minimum Gasteiger partial charge on any atom is -0.303 e. The van der Waals surface area contributed by atoms with Crippen LogP contribution in [0.25, 0.3) is 0 Å². The average molecular weight is 438 g/mol. The first kappa shape index (κ1) is 21.8. The summed E-state index contributed by atoms with van der Waals surface area (Å²) in [6.07, 6.45) is 3.14. The maximum atomic E-state index is 12.4. The van der Waals surface area contributed by atoms with Gasteiger partial charge in [-0.15, -0.1) is 10.2 Å². The third-order valence-corrected chi connectivity index (χ3v) is 7.66. The Bertz CT molecular complexity index is 920. The average Bonchev–Trinajstić information content (AvgIpc) is 3.16. The molecule has 1 aliphatic rings. The van der Waals surface area contributed by atoms with Crippen LogP contribution in [0.5, 0.6) is 0 Å². The van der Waals surface area contributed by atoms with Crippen LogP contribution in [-0.2, 0) is 10.0 Å². The number of rotatable bonds is 8. The molecule has 0 atom stereocenters. The molecule has 0 spiro atoms. The molecular formula is C19H27N5O3S2. The van der Waals surface area contributed by atoms with Crippen molar-refractivity contribution in [2.75, 3.05) is 31.5 Å². The van der Waals surface area contributed by atoms with Gasteiger partial charge in [0.25, 0.3) is 15.9 Å². The van der Waals surface area contributed by atoms with Crippen molar-refractivity contribution in [3.63, 3.8) is 0 Å². The number of benzene rings is 1. The molecule has 2 aromatic rings. The Balaban J connectivity index is 1.48. The van der Waals surface area contributed by atoms with Gasteiger partial charge in [0.15, 0.2) is 0 Å². The maximum Gasteiger partial charge on any atom is 0.269 e. The molecule has 2 N–H and O–H groups in total. The Kier molecular flexibility index (Phi) is 7.33. The fraction of sp³-hybridized carbons (Fsp3) is 0.526. The quantitative estimate of drug-likeness (QED) is 0.486. The molecule has 10 heteroatoms. The minimum absolute atomic E-state index is 0.150. The van der Waals surface area contributed by atoms with Crippen molar-refractivity contribution in [2.24, 2.45) is 5.92 Å². The number of anilines is 1. The van der Waals surface area contributed by atoms with E-state index in [1.807, 2.05) is 19.1 Å². The zero-order valence-corrected chi connectivity index (χ0v) is 18.4. The van der Waals surface area contributed by atoms with Crippen molar-refractivity contribution in [1.82, 2.24) is 19.8 Å². The van der Waals surface area contributed by atoms with Crippen molar-refractivity contribution >= 4 is 32.4 Å². The van der Waals surface area contributed by atoms with E-state index in [1.165, 1.54) is 12.8 Å². The predicted octanol–water partition coefficient (Wildman–Crippen LogP) is 2.50. The van der Waals surface area contributed by atoms with E-state index in [0.717, 1.165) is 48.9 Å². The van der Waals surface area contributed by atoms with Crippen molar-refractivity contribution in [1.29, 1.82) is 0 Å². The van der Waals surface area contributed by atoms with Crippen LogP contribution in [0.4, 0.5) is 5.13 Å². The number of carbonyl (C=O) groups is 1. The molecule has 29 heavy (non-hydrogen) atoms. The predicted molar refractivity (Wildman–Crippen MR) is 114 cm³/mol. The SMILES string of the molecule is Cc1ccc(C(=O)Nc2nnc(S(=O)(=O)NCCCN3CCC(C)CC3)s2)cc1. The molecule has 0 saturated carbocycles. The zero-order valence-electron chi connectivity index (χ0n) is 16.7. The number of carbonyl (C=O) groups excluding carboxylic acids is 1. The second-order valence-corrected chi connectivity index (χ2v) is 10.4. The number of aromatic nitrogens is 2. The number of sulfonamides is 1. The van der Waals surface area contributed by atoms with Gasteiger partial charge >= 0.3 is 0 Å². The highest BCUT2D eigenvalue weighted by Gasteiger charge is 2.21. The number of likely N-dealkylation sites (tertiary alicyclic amines) is 1. The molecular weight excluding hydrogens is 410 g/mol. The van der Waals surface area contributed by atoms with Gasteiger partial charge in [0.1, 0.15) is 0 Å². The number of amides is 1. The minimum atomic E-state index is -3.73. The molecule has 0 aliphatic carbocycles. The number of nitrogens with one attached hydrogen (secondary N) is 2. The van der Waals surface area contributed by atoms with Crippen LogP contribution >= 0.6 is 11.3 Å². The van der Waals surface area contributed by atoms with Gasteiger partial charge < -0.3 is 4.90 Å². The van der Waals surface area contributed by atoms with Crippen LogP contribution in [0.2, 0.25) is 0 Å². The highest BCUT2D eigenvalue weighted by molar-refractivity contribution is 7.91. The van der Waals surface area contributed by atoms with Gasteiger partial charge in [-0.25, -0.2) is 13.1 Å². The summed E-state index contributed by atoms with van der Waals surface area (Å²) in [5.41, 5.74) is 1.52. The molecule has 2 heterocycles.